The van der Waals surface area contributed by atoms with Crippen molar-refractivity contribution in [2.75, 3.05) is 12.0 Å². The van der Waals surface area contributed by atoms with E-state index in [1.807, 2.05) is 6.92 Å². The van der Waals surface area contributed by atoms with Crippen molar-refractivity contribution in [3.63, 3.8) is 0 Å². The van der Waals surface area contributed by atoms with Crippen LogP contribution in [0.1, 0.15) is 21.6 Å². The van der Waals surface area contributed by atoms with Gasteiger partial charge in [0.1, 0.15) is 17.4 Å². The zero-order valence-corrected chi connectivity index (χ0v) is 14.9. The number of carbonyl (C=O) groups excluding carboxylic acids is 1. The van der Waals surface area contributed by atoms with Gasteiger partial charge >= 0.3 is 0 Å². The first-order chi connectivity index (χ1) is 13.0. The van der Waals surface area contributed by atoms with E-state index in [0.29, 0.717) is 17.0 Å². The summed E-state index contributed by atoms with van der Waals surface area (Å²) in [6.45, 7) is 1.90. The molecule has 3 aromatic rings. The number of aryl methyl sites for hydroxylation is 1. The Morgan fingerprint density at radius 3 is 2.59 bits per heavy atom. The minimum absolute atomic E-state index is 0.0217. The van der Waals surface area contributed by atoms with Crippen LogP contribution < -0.4 is 9.64 Å². The van der Waals surface area contributed by atoms with Gasteiger partial charge < -0.3 is 4.74 Å². The van der Waals surface area contributed by atoms with E-state index in [4.69, 9.17) is 4.74 Å². The average Bonchev–Trinajstić information content (AvgIpc) is 2.67. The van der Waals surface area contributed by atoms with Crippen LogP contribution in [-0.2, 0) is 6.54 Å². The molecule has 4 nitrogen and oxygen atoms in total. The standard InChI is InChI=1S/C21H18F2N2O2/c1-14-6-7-15(11-20(14)27-2)21(26)25(13-17-5-3-4-10-24-17)19-9-8-16(22)12-18(19)23/h3-12H,13H2,1-2H3. The van der Waals surface area contributed by atoms with Crippen molar-refractivity contribution < 1.29 is 18.3 Å². The summed E-state index contributed by atoms with van der Waals surface area (Å²) in [4.78, 5) is 18.6. The van der Waals surface area contributed by atoms with Crippen LogP contribution in [0, 0.1) is 18.6 Å². The summed E-state index contributed by atoms with van der Waals surface area (Å²) in [7, 11) is 1.52. The SMILES string of the molecule is COc1cc(C(=O)N(Cc2ccccn2)c2ccc(F)cc2F)ccc1C. The van der Waals surface area contributed by atoms with Crippen molar-refractivity contribution in [3.8, 4) is 5.75 Å². The lowest BCUT2D eigenvalue weighted by Crippen LogP contribution is -2.31. The third-order valence-electron chi connectivity index (χ3n) is 4.15. The lowest BCUT2D eigenvalue weighted by atomic mass is 10.1. The second-order valence-electron chi connectivity index (χ2n) is 5.99. The molecule has 1 amide bonds. The summed E-state index contributed by atoms with van der Waals surface area (Å²) in [5.74, 6) is -1.42. The fourth-order valence-electron chi connectivity index (χ4n) is 2.73. The summed E-state index contributed by atoms with van der Waals surface area (Å²) < 4.78 is 33.0. The highest BCUT2D eigenvalue weighted by Gasteiger charge is 2.22. The van der Waals surface area contributed by atoms with Gasteiger partial charge in [-0.3, -0.25) is 14.7 Å². The lowest BCUT2D eigenvalue weighted by Gasteiger charge is -2.23. The molecule has 0 saturated carbocycles. The minimum atomic E-state index is -0.821. The predicted molar refractivity (Wildman–Crippen MR) is 98.8 cm³/mol. The van der Waals surface area contributed by atoms with Crippen LogP contribution in [0.2, 0.25) is 0 Å². The van der Waals surface area contributed by atoms with Gasteiger partial charge in [-0.1, -0.05) is 12.1 Å². The van der Waals surface area contributed by atoms with Crippen LogP contribution in [0.5, 0.6) is 5.75 Å². The number of anilines is 1. The van der Waals surface area contributed by atoms with Crippen molar-refractivity contribution in [1.29, 1.82) is 0 Å². The molecule has 0 unspecified atom stereocenters. The first-order valence-corrected chi connectivity index (χ1v) is 8.31. The Labute approximate surface area is 156 Å². The lowest BCUT2D eigenvalue weighted by molar-refractivity contribution is 0.0983. The number of carbonyl (C=O) groups is 1. The molecular formula is C21H18F2N2O2. The van der Waals surface area contributed by atoms with Gasteiger partial charge in [-0.2, -0.15) is 0 Å². The average molecular weight is 368 g/mol. The largest absolute Gasteiger partial charge is 0.496 e. The normalized spacial score (nSPS) is 10.5. The highest BCUT2D eigenvalue weighted by molar-refractivity contribution is 6.06. The Morgan fingerprint density at radius 1 is 1.11 bits per heavy atom. The molecule has 138 valence electrons. The fraction of sp³-hybridized carbons (Fsp3) is 0.143. The van der Waals surface area contributed by atoms with Gasteiger partial charge in [-0.05, 0) is 48.9 Å². The number of hydrogen-bond acceptors (Lipinski definition) is 3. The molecule has 0 fully saturated rings. The van der Waals surface area contributed by atoms with Gasteiger partial charge in [0.2, 0.25) is 0 Å². The maximum Gasteiger partial charge on any atom is 0.258 e. The van der Waals surface area contributed by atoms with Crippen molar-refractivity contribution >= 4 is 11.6 Å². The fourth-order valence-corrected chi connectivity index (χ4v) is 2.73. The molecule has 2 aromatic carbocycles. The van der Waals surface area contributed by atoms with E-state index in [0.717, 1.165) is 17.7 Å². The molecule has 1 aromatic heterocycles. The van der Waals surface area contributed by atoms with E-state index in [2.05, 4.69) is 4.98 Å². The third-order valence-corrected chi connectivity index (χ3v) is 4.15. The monoisotopic (exact) mass is 368 g/mol. The molecule has 0 aliphatic rings. The van der Waals surface area contributed by atoms with Gasteiger partial charge in [0.15, 0.2) is 0 Å². The number of aromatic nitrogens is 1. The summed E-state index contributed by atoms with van der Waals surface area (Å²) in [6, 6.07) is 13.4. The topological polar surface area (TPSA) is 42.4 Å². The first kappa shape index (κ1) is 18.5. The molecule has 0 atom stereocenters. The van der Waals surface area contributed by atoms with Gasteiger partial charge in [-0.15, -0.1) is 0 Å². The predicted octanol–water partition coefficient (Wildman–Crippen LogP) is 4.52. The molecule has 0 N–H and O–H groups in total. The minimum Gasteiger partial charge on any atom is -0.496 e. The van der Waals surface area contributed by atoms with Crippen LogP contribution >= 0.6 is 0 Å². The molecule has 1 heterocycles. The van der Waals surface area contributed by atoms with Gasteiger partial charge in [-0.25, -0.2) is 8.78 Å². The second kappa shape index (κ2) is 7.95. The van der Waals surface area contributed by atoms with Crippen LogP contribution in [0.4, 0.5) is 14.5 Å². The summed E-state index contributed by atoms with van der Waals surface area (Å²) in [5.41, 5.74) is 1.76. The molecule has 6 heteroatoms. The Morgan fingerprint density at radius 2 is 1.93 bits per heavy atom. The number of benzene rings is 2. The molecule has 0 bridgehead atoms. The van der Waals surface area contributed by atoms with Gasteiger partial charge in [0, 0.05) is 17.8 Å². The smallest absolute Gasteiger partial charge is 0.258 e. The van der Waals surface area contributed by atoms with Gasteiger partial charge in [0.05, 0.1) is 25.0 Å². The third kappa shape index (κ3) is 4.11. The molecule has 0 spiro atoms. The number of pyridine rings is 1. The van der Waals surface area contributed by atoms with Crippen LogP contribution in [0.25, 0.3) is 0 Å². The second-order valence-corrected chi connectivity index (χ2v) is 5.99. The quantitative estimate of drug-likeness (QED) is 0.665. The number of ether oxygens (including phenoxy) is 1. The molecule has 3 rings (SSSR count). The van der Waals surface area contributed by atoms with Crippen molar-refractivity contribution in [1.82, 2.24) is 4.98 Å². The maximum atomic E-state index is 14.4. The van der Waals surface area contributed by atoms with E-state index in [1.54, 1.807) is 42.6 Å². The molecular weight excluding hydrogens is 350 g/mol. The Hall–Kier alpha value is -3.28. The Balaban J connectivity index is 2.04. The molecule has 27 heavy (non-hydrogen) atoms. The zero-order valence-electron chi connectivity index (χ0n) is 14.9. The van der Waals surface area contributed by atoms with E-state index >= 15 is 0 Å². The highest BCUT2D eigenvalue weighted by Crippen LogP contribution is 2.26. The number of nitrogens with zero attached hydrogens (tertiary/aromatic N) is 2. The number of methoxy groups -OCH3 is 1. The van der Waals surface area contributed by atoms with Crippen molar-refractivity contribution in [3.05, 3.63) is 89.2 Å². The van der Waals surface area contributed by atoms with Crippen LogP contribution in [-0.4, -0.2) is 18.0 Å². The highest BCUT2D eigenvalue weighted by atomic mass is 19.1. The Kier molecular flexibility index (Phi) is 5.45. The first-order valence-electron chi connectivity index (χ1n) is 8.31. The van der Waals surface area contributed by atoms with Crippen molar-refractivity contribution in [2.45, 2.75) is 13.5 Å². The number of hydrogen-bond donors (Lipinski definition) is 0. The molecule has 0 aliphatic heterocycles. The van der Waals surface area contributed by atoms with Gasteiger partial charge in [0.25, 0.3) is 5.91 Å². The summed E-state index contributed by atoms with van der Waals surface area (Å²) in [5, 5.41) is 0. The van der Waals surface area contributed by atoms with Crippen LogP contribution in [0.3, 0.4) is 0 Å². The molecule has 0 saturated heterocycles. The summed E-state index contributed by atoms with van der Waals surface area (Å²) in [6.07, 6.45) is 1.59. The number of amides is 1. The molecule has 0 radical (unpaired) electrons. The molecule has 0 aliphatic carbocycles. The van der Waals surface area contributed by atoms with E-state index in [-0.39, 0.29) is 12.2 Å². The zero-order chi connectivity index (χ0) is 19.4. The van der Waals surface area contributed by atoms with E-state index in [1.165, 1.54) is 18.1 Å². The maximum absolute atomic E-state index is 14.4. The Bertz CT molecular complexity index is 962. The summed E-state index contributed by atoms with van der Waals surface area (Å²) >= 11 is 0. The number of rotatable bonds is 5. The van der Waals surface area contributed by atoms with E-state index < -0.39 is 17.5 Å². The van der Waals surface area contributed by atoms with Crippen molar-refractivity contribution in [2.24, 2.45) is 0 Å². The van der Waals surface area contributed by atoms with E-state index in [9.17, 15) is 13.6 Å². The number of halogens is 2. The van der Waals surface area contributed by atoms with Crippen LogP contribution in [0.15, 0.2) is 60.8 Å².